The van der Waals surface area contributed by atoms with Crippen molar-refractivity contribution >= 4 is 35.8 Å². The van der Waals surface area contributed by atoms with Gasteiger partial charge in [0.25, 0.3) is 5.91 Å². The number of amides is 1. The summed E-state index contributed by atoms with van der Waals surface area (Å²) in [6.07, 6.45) is 0.169. The van der Waals surface area contributed by atoms with Gasteiger partial charge in [-0.1, -0.05) is 26.0 Å². The van der Waals surface area contributed by atoms with E-state index in [1.165, 1.54) is 0 Å². The number of aliphatic imine (C=N–C) groups is 1. The maximum absolute atomic E-state index is 11.6. The zero-order chi connectivity index (χ0) is 19.6. The molecular weight excluding hydrogens is 469 g/mol. The van der Waals surface area contributed by atoms with Crippen molar-refractivity contribution in [2.75, 3.05) is 46.9 Å². The first-order valence-corrected chi connectivity index (χ1v) is 9.61. The van der Waals surface area contributed by atoms with Gasteiger partial charge in [-0.3, -0.25) is 14.7 Å². The molecule has 0 radical (unpaired) electrons. The number of nitrogens with zero attached hydrogens (tertiary/aromatic N) is 2. The molecule has 28 heavy (non-hydrogen) atoms. The van der Waals surface area contributed by atoms with Gasteiger partial charge in [0.1, 0.15) is 0 Å². The first kappa shape index (κ1) is 24.6. The molecule has 1 aliphatic heterocycles. The molecule has 158 valence electrons. The number of hydrogen-bond donors (Lipinski definition) is 3. The molecule has 1 fully saturated rings. The van der Waals surface area contributed by atoms with Crippen LogP contribution in [-0.2, 0) is 11.3 Å². The van der Waals surface area contributed by atoms with Crippen molar-refractivity contribution in [2.24, 2.45) is 10.9 Å². The van der Waals surface area contributed by atoms with E-state index in [1.807, 2.05) is 24.3 Å². The molecule has 0 aromatic heterocycles. The van der Waals surface area contributed by atoms with E-state index in [0.717, 1.165) is 44.3 Å². The molecule has 1 aliphatic rings. The Labute approximate surface area is 185 Å². The quantitative estimate of drug-likeness (QED) is 0.300. The van der Waals surface area contributed by atoms with Gasteiger partial charge in [0.05, 0.1) is 12.7 Å². The van der Waals surface area contributed by atoms with Crippen molar-refractivity contribution in [3.8, 4) is 0 Å². The SMILES string of the molecule is CN=C(NCc1ccc(C(=O)NC)cc1)NCC1CN(CC(C)C)CCO1.I. The van der Waals surface area contributed by atoms with Crippen LogP contribution in [0.1, 0.15) is 29.8 Å². The Morgan fingerprint density at radius 3 is 2.61 bits per heavy atom. The van der Waals surface area contributed by atoms with Crippen molar-refractivity contribution in [3.05, 3.63) is 35.4 Å². The maximum Gasteiger partial charge on any atom is 0.251 e. The Kier molecular flexibility index (Phi) is 11.4. The molecule has 0 spiro atoms. The van der Waals surface area contributed by atoms with E-state index in [4.69, 9.17) is 4.74 Å². The molecule has 0 aliphatic carbocycles. The van der Waals surface area contributed by atoms with E-state index in [9.17, 15) is 4.79 Å². The summed E-state index contributed by atoms with van der Waals surface area (Å²) < 4.78 is 5.87. The van der Waals surface area contributed by atoms with Crippen molar-refractivity contribution in [3.63, 3.8) is 0 Å². The number of ether oxygens (including phenoxy) is 1. The number of carbonyl (C=O) groups is 1. The number of hydrogen-bond acceptors (Lipinski definition) is 4. The second-order valence-electron chi connectivity index (χ2n) is 7.23. The highest BCUT2D eigenvalue weighted by Gasteiger charge is 2.21. The molecule has 0 saturated carbocycles. The maximum atomic E-state index is 11.6. The molecule has 1 unspecified atom stereocenters. The molecule has 1 heterocycles. The molecule has 3 N–H and O–H groups in total. The van der Waals surface area contributed by atoms with Gasteiger partial charge in [-0.25, -0.2) is 0 Å². The molecule has 1 aromatic rings. The van der Waals surface area contributed by atoms with E-state index in [1.54, 1.807) is 14.1 Å². The van der Waals surface area contributed by atoms with E-state index < -0.39 is 0 Å². The van der Waals surface area contributed by atoms with Gasteiger partial charge in [-0.05, 0) is 23.6 Å². The van der Waals surface area contributed by atoms with Crippen LogP contribution >= 0.6 is 24.0 Å². The van der Waals surface area contributed by atoms with Crippen LogP contribution < -0.4 is 16.0 Å². The third-order valence-corrected chi connectivity index (χ3v) is 4.47. The highest BCUT2D eigenvalue weighted by Crippen LogP contribution is 2.07. The predicted octanol–water partition coefficient (Wildman–Crippen LogP) is 1.69. The fourth-order valence-corrected chi connectivity index (χ4v) is 3.12. The van der Waals surface area contributed by atoms with Crippen molar-refractivity contribution in [2.45, 2.75) is 26.5 Å². The van der Waals surface area contributed by atoms with Gasteiger partial charge in [-0.2, -0.15) is 0 Å². The molecule has 0 bridgehead atoms. The minimum atomic E-state index is -0.0778. The molecule has 1 aromatic carbocycles. The number of rotatable bonds is 7. The average molecular weight is 503 g/mol. The topological polar surface area (TPSA) is 78.0 Å². The van der Waals surface area contributed by atoms with Gasteiger partial charge in [0.2, 0.25) is 0 Å². The van der Waals surface area contributed by atoms with E-state index in [-0.39, 0.29) is 36.0 Å². The zero-order valence-electron chi connectivity index (χ0n) is 17.3. The number of guanidine groups is 1. The second-order valence-corrected chi connectivity index (χ2v) is 7.23. The smallest absolute Gasteiger partial charge is 0.251 e. The molecular formula is C20H34IN5O2. The van der Waals surface area contributed by atoms with Crippen LogP contribution in [-0.4, -0.2) is 69.8 Å². The Morgan fingerprint density at radius 2 is 2.00 bits per heavy atom. The van der Waals surface area contributed by atoms with Crippen LogP contribution in [0.4, 0.5) is 0 Å². The first-order valence-electron chi connectivity index (χ1n) is 9.61. The molecule has 8 heteroatoms. The number of carbonyl (C=O) groups excluding carboxylic acids is 1. The van der Waals surface area contributed by atoms with Crippen LogP contribution in [0.2, 0.25) is 0 Å². The van der Waals surface area contributed by atoms with Crippen LogP contribution in [0.5, 0.6) is 0 Å². The monoisotopic (exact) mass is 503 g/mol. The average Bonchev–Trinajstić information content (AvgIpc) is 2.67. The second kappa shape index (κ2) is 12.9. The Bertz CT molecular complexity index is 622. The fourth-order valence-electron chi connectivity index (χ4n) is 3.12. The highest BCUT2D eigenvalue weighted by molar-refractivity contribution is 14.0. The Balaban J connectivity index is 0.00000392. The fraction of sp³-hybridized carbons (Fsp3) is 0.600. The summed E-state index contributed by atoms with van der Waals surface area (Å²) in [6, 6.07) is 7.54. The minimum Gasteiger partial charge on any atom is -0.374 e. The van der Waals surface area contributed by atoms with Gasteiger partial charge in [-0.15, -0.1) is 24.0 Å². The van der Waals surface area contributed by atoms with Crippen LogP contribution in [0.15, 0.2) is 29.3 Å². The molecule has 1 atom stereocenters. The van der Waals surface area contributed by atoms with Crippen LogP contribution in [0.3, 0.4) is 0 Å². The lowest BCUT2D eigenvalue weighted by atomic mass is 10.1. The number of halogens is 1. The summed E-state index contributed by atoms with van der Waals surface area (Å²) in [5, 5.41) is 9.27. The first-order chi connectivity index (χ1) is 13.0. The van der Waals surface area contributed by atoms with Crippen molar-refractivity contribution in [1.82, 2.24) is 20.9 Å². The lowest BCUT2D eigenvalue weighted by Gasteiger charge is -2.34. The summed E-state index contributed by atoms with van der Waals surface area (Å²) >= 11 is 0. The highest BCUT2D eigenvalue weighted by atomic mass is 127. The Morgan fingerprint density at radius 1 is 1.29 bits per heavy atom. The third-order valence-electron chi connectivity index (χ3n) is 4.47. The van der Waals surface area contributed by atoms with E-state index in [2.05, 4.69) is 39.7 Å². The van der Waals surface area contributed by atoms with Crippen LogP contribution in [0.25, 0.3) is 0 Å². The lowest BCUT2D eigenvalue weighted by Crippen LogP contribution is -2.50. The Hall–Kier alpha value is -1.39. The molecule has 1 amide bonds. The zero-order valence-corrected chi connectivity index (χ0v) is 19.7. The summed E-state index contributed by atoms with van der Waals surface area (Å²) in [5.74, 6) is 1.34. The van der Waals surface area contributed by atoms with Crippen molar-refractivity contribution < 1.29 is 9.53 Å². The standard InChI is InChI=1S/C20H33N5O2.HI/c1-15(2)13-25-9-10-27-18(14-25)12-24-20(22-4)23-11-16-5-7-17(8-6-16)19(26)21-3;/h5-8,15,18H,9-14H2,1-4H3,(H,21,26)(H2,22,23,24);1H. The predicted molar refractivity (Wildman–Crippen MR) is 124 cm³/mol. The summed E-state index contributed by atoms with van der Waals surface area (Å²) in [4.78, 5) is 18.3. The molecule has 1 saturated heterocycles. The number of benzene rings is 1. The molecule has 2 rings (SSSR count). The van der Waals surface area contributed by atoms with Gasteiger partial charge < -0.3 is 20.7 Å². The minimum absolute atomic E-state index is 0. The van der Waals surface area contributed by atoms with Gasteiger partial charge >= 0.3 is 0 Å². The number of morpholine rings is 1. The number of nitrogens with one attached hydrogen (secondary N) is 3. The summed E-state index contributed by atoms with van der Waals surface area (Å²) in [7, 11) is 3.39. The van der Waals surface area contributed by atoms with Gasteiger partial charge in [0, 0.05) is 52.4 Å². The summed E-state index contributed by atoms with van der Waals surface area (Å²) in [6.45, 7) is 9.70. The third kappa shape index (κ3) is 8.32. The van der Waals surface area contributed by atoms with Crippen LogP contribution in [0, 0.1) is 5.92 Å². The normalized spacial score (nSPS) is 17.8. The van der Waals surface area contributed by atoms with E-state index >= 15 is 0 Å². The van der Waals surface area contributed by atoms with Gasteiger partial charge in [0.15, 0.2) is 5.96 Å². The summed E-state index contributed by atoms with van der Waals surface area (Å²) in [5.41, 5.74) is 1.74. The van der Waals surface area contributed by atoms with E-state index in [0.29, 0.717) is 18.0 Å². The largest absolute Gasteiger partial charge is 0.374 e. The lowest BCUT2D eigenvalue weighted by molar-refractivity contribution is -0.0284. The molecule has 7 nitrogen and oxygen atoms in total. The van der Waals surface area contributed by atoms with Crippen molar-refractivity contribution in [1.29, 1.82) is 0 Å².